The summed E-state index contributed by atoms with van der Waals surface area (Å²) in [5.74, 6) is -0.446. The van der Waals surface area contributed by atoms with Gasteiger partial charge in [0.25, 0.3) is 17.4 Å². The Labute approximate surface area is 164 Å². The van der Waals surface area contributed by atoms with E-state index in [1.807, 2.05) is 31.2 Å². The summed E-state index contributed by atoms with van der Waals surface area (Å²) >= 11 is 0. The fraction of sp³-hybridized carbons (Fsp3) is 0.158. The molecule has 0 radical (unpaired) electrons. The van der Waals surface area contributed by atoms with Gasteiger partial charge in [0.1, 0.15) is 11.4 Å². The number of para-hydroxylation sites is 1. The summed E-state index contributed by atoms with van der Waals surface area (Å²) in [6.45, 7) is 5.21. The van der Waals surface area contributed by atoms with Crippen LogP contribution < -0.4 is 11.0 Å². The Hall–Kier alpha value is -4.08. The number of amides is 1. The maximum Gasteiger partial charge on any atom is 0.290 e. The molecule has 10 heteroatoms. The lowest BCUT2D eigenvalue weighted by Gasteiger charge is -2.04. The fourth-order valence-electron chi connectivity index (χ4n) is 2.98. The van der Waals surface area contributed by atoms with Crippen molar-refractivity contribution in [3.8, 4) is 5.95 Å². The molecule has 1 aromatic carbocycles. The number of nitrogens with one attached hydrogen (secondary N) is 3. The lowest BCUT2D eigenvalue weighted by molar-refractivity contribution is 0.0947. The second kappa shape index (κ2) is 7.15. The van der Waals surface area contributed by atoms with Crippen LogP contribution in [-0.2, 0) is 0 Å². The van der Waals surface area contributed by atoms with Crippen LogP contribution in [0.15, 0.2) is 40.2 Å². The van der Waals surface area contributed by atoms with Gasteiger partial charge >= 0.3 is 0 Å². The molecule has 1 amide bonds. The molecule has 0 atom stereocenters. The Morgan fingerprint density at radius 1 is 1.17 bits per heavy atom. The zero-order valence-electron chi connectivity index (χ0n) is 16.0. The monoisotopic (exact) mass is 390 g/mol. The van der Waals surface area contributed by atoms with E-state index >= 15 is 0 Å². The summed E-state index contributed by atoms with van der Waals surface area (Å²) in [7, 11) is 0. The molecule has 146 valence electrons. The van der Waals surface area contributed by atoms with Crippen LogP contribution in [0.1, 0.15) is 33.1 Å². The second-order valence-corrected chi connectivity index (χ2v) is 6.55. The molecule has 4 aromatic rings. The molecule has 0 fully saturated rings. The number of aromatic amines is 2. The number of hydrazone groups is 1. The molecule has 0 aliphatic heterocycles. The fourth-order valence-corrected chi connectivity index (χ4v) is 2.98. The van der Waals surface area contributed by atoms with Crippen molar-refractivity contribution in [3.63, 3.8) is 0 Å². The Morgan fingerprint density at radius 2 is 1.97 bits per heavy atom. The molecule has 29 heavy (non-hydrogen) atoms. The summed E-state index contributed by atoms with van der Waals surface area (Å²) in [6.07, 6.45) is 1.59. The van der Waals surface area contributed by atoms with Crippen LogP contribution in [0.4, 0.5) is 0 Å². The van der Waals surface area contributed by atoms with Crippen LogP contribution in [0, 0.1) is 20.8 Å². The smallest absolute Gasteiger partial charge is 0.290 e. The van der Waals surface area contributed by atoms with E-state index in [0.717, 1.165) is 22.2 Å². The third kappa shape index (κ3) is 3.43. The number of H-pyrrole nitrogens is 2. The number of aryl methyl sites for hydroxylation is 3. The van der Waals surface area contributed by atoms with E-state index < -0.39 is 11.5 Å². The molecular weight excluding hydrogens is 372 g/mol. The highest BCUT2D eigenvalue weighted by atomic mass is 16.2. The summed E-state index contributed by atoms with van der Waals surface area (Å²) in [4.78, 5) is 30.3. The number of carbonyl (C=O) groups excluding carboxylic acids is 1. The third-order valence-electron chi connectivity index (χ3n) is 4.42. The van der Waals surface area contributed by atoms with E-state index in [9.17, 15) is 9.59 Å². The number of fused-ring (bicyclic) bond motifs is 1. The third-order valence-corrected chi connectivity index (χ3v) is 4.42. The van der Waals surface area contributed by atoms with Gasteiger partial charge in [0.05, 0.1) is 11.9 Å². The van der Waals surface area contributed by atoms with Crippen molar-refractivity contribution in [2.24, 2.45) is 5.10 Å². The van der Waals surface area contributed by atoms with Crippen LogP contribution in [0.3, 0.4) is 0 Å². The predicted octanol–water partition coefficient (Wildman–Crippen LogP) is 1.52. The summed E-state index contributed by atoms with van der Waals surface area (Å²) in [5.41, 5.74) is 5.89. The van der Waals surface area contributed by atoms with Crippen LogP contribution in [0.5, 0.6) is 0 Å². The van der Waals surface area contributed by atoms with Crippen molar-refractivity contribution in [3.05, 3.63) is 69.0 Å². The van der Waals surface area contributed by atoms with Crippen LogP contribution in [0.2, 0.25) is 0 Å². The highest BCUT2D eigenvalue weighted by Gasteiger charge is 2.17. The largest absolute Gasteiger partial charge is 0.358 e. The van der Waals surface area contributed by atoms with Gasteiger partial charge in [0.2, 0.25) is 0 Å². The van der Waals surface area contributed by atoms with E-state index in [2.05, 4.69) is 35.8 Å². The number of carbonyl (C=O) groups is 1. The summed E-state index contributed by atoms with van der Waals surface area (Å²) < 4.78 is 1.23. The van der Waals surface area contributed by atoms with Crippen molar-refractivity contribution in [2.45, 2.75) is 20.8 Å². The Kier molecular flexibility index (Phi) is 4.51. The number of nitrogens with zero attached hydrogens (tertiary/aromatic N) is 5. The molecule has 10 nitrogen and oxygen atoms in total. The van der Waals surface area contributed by atoms with Crippen molar-refractivity contribution in [2.75, 3.05) is 0 Å². The van der Waals surface area contributed by atoms with E-state index in [4.69, 9.17) is 0 Å². The normalized spacial score (nSPS) is 11.4. The first-order chi connectivity index (χ1) is 13.9. The lowest BCUT2D eigenvalue weighted by Crippen LogP contribution is -2.24. The first-order valence-electron chi connectivity index (χ1n) is 8.85. The van der Waals surface area contributed by atoms with E-state index in [0.29, 0.717) is 5.69 Å². The predicted molar refractivity (Wildman–Crippen MR) is 107 cm³/mol. The van der Waals surface area contributed by atoms with Gasteiger partial charge in [-0.05, 0) is 32.9 Å². The van der Waals surface area contributed by atoms with Crippen molar-refractivity contribution >= 4 is 23.0 Å². The van der Waals surface area contributed by atoms with Gasteiger partial charge in [-0.1, -0.05) is 18.2 Å². The number of hydrogen-bond acceptors (Lipinski definition) is 6. The Bertz CT molecular complexity index is 1310. The number of hydrogen-bond donors (Lipinski definition) is 3. The molecule has 4 rings (SSSR count). The van der Waals surface area contributed by atoms with Gasteiger partial charge in [-0.3, -0.25) is 14.6 Å². The van der Waals surface area contributed by atoms with Crippen LogP contribution >= 0.6 is 0 Å². The molecule has 0 unspecified atom stereocenters. The number of benzene rings is 1. The van der Waals surface area contributed by atoms with Crippen LogP contribution in [-0.4, -0.2) is 42.1 Å². The topological polar surface area (TPSA) is 134 Å². The van der Waals surface area contributed by atoms with Gasteiger partial charge in [-0.15, -0.1) is 10.2 Å². The molecule has 0 bridgehead atoms. The van der Waals surface area contributed by atoms with Crippen LogP contribution in [0.25, 0.3) is 16.9 Å². The van der Waals surface area contributed by atoms with Gasteiger partial charge < -0.3 is 4.98 Å². The molecule has 3 heterocycles. The second-order valence-electron chi connectivity index (χ2n) is 6.55. The molecule has 0 saturated heterocycles. The lowest BCUT2D eigenvalue weighted by atomic mass is 10.1. The van der Waals surface area contributed by atoms with Crippen molar-refractivity contribution in [1.82, 2.24) is 35.4 Å². The first-order valence-corrected chi connectivity index (χ1v) is 8.85. The standard InChI is InChI=1S/C19H18N8O2/c1-10-8-16(27(26-10)19-22-17(28)12(3)23-25-19)18(29)24-20-9-14-11(2)21-15-7-5-4-6-13(14)15/h4-9,21H,1-3H3,(H,24,29)(H,22,25,28)/b20-9-. The Balaban J connectivity index is 1.61. The molecule has 0 aliphatic rings. The maximum atomic E-state index is 12.6. The van der Waals surface area contributed by atoms with Crippen molar-refractivity contribution in [1.29, 1.82) is 0 Å². The van der Waals surface area contributed by atoms with Gasteiger partial charge in [0.15, 0.2) is 0 Å². The first kappa shape index (κ1) is 18.3. The number of aromatic nitrogens is 6. The number of rotatable bonds is 4. The van der Waals surface area contributed by atoms with Gasteiger partial charge in [0, 0.05) is 22.2 Å². The molecule has 0 spiro atoms. The highest BCUT2D eigenvalue weighted by molar-refractivity contribution is 6.01. The van der Waals surface area contributed by atoms with Crippen molar-refractivity contribution < 1.29 is 4.79 Å². The molecule has 3 aromatic heterocycles. The Morgan fingerprint density at radius 3 is 2.76 bits per heavy atom. The average Bonchev–Trinajstić information content (AvgIpc) is 3.24. The highest BCUT2D eigenvalue weighted by Crippen LogP contribution is 2.19. The minimum absolute atomic E-state index is 0.0512. The minimum atomic E-state index is -0.498. The molecule has 3 N–H and O–H groups in total. The van der Waals surface area contributed by atoms with E-state index in [1.54, 1.807) is 26.1 Å². The minimum Gasteiger partial charge on any atom is -0.358 e. The summed E-state index contributed by atoms with van der Waals surface area (Å²) in [5, 5.41) is 17.0. The zero-order chi connectivity index (χ0) is 20.5. The summed E-state index contributed by atoms with van der Waals surface area (Å²) in [6, 6.07) is 9.41. The average molecular weight is 390 g/mol. The maximum absolute atomic E-state index is 12.6. The molecule has 0 aliphatic carbocycles. The van der Waals surface area contributed by atoms with Gasteiger partial charge in [-0.25, -0.2) is 5.43 Å². The zero-order valence-corrected chi connectivity index (χ0v) is 16.0. The van der Waals surface area contributed by atoms with Gasteiger partial charge in [-0.2, -0.15) is 14.9 Å². The molecular formula is C19H18N8O2. The van der Waals surface area contributed by atoms with E-state index in [1.165, 1.54) is 4.68 Å². The SMILES string of the molecule is Cc1cc(C(=O)N/N=C\c2c(C)[nH]c3ccccc23)n(-c2nnc(C)c(=O)[nH]2)n1. The molecule has 0 saturated carbocycles. The van der Waals surface area contributed by atoms with E-state index in [-0.39, 0.29) is 17.3 Å². The quantitative estimate of drug-likeness (QED) is 0.359.